The predicted molar refractivity (Wildman–Crippen MR) is 134 cm³/mol. The molecule has 0 bridgehead atoms. The van der Waals surface area contributed by atoms with E-state index in [-0.39, 0.29) is 17.1 Å². The highest BCUT2D eigenvalue weighted by Crippen LogP contribution is 2.25. The molecule has 3 N–H and O–H groups in total. The second-order valence-corrected chi connectivity index (χ2v) is 11.3. The van der Waals surface area contributed by atoms with E-state index in [0.29, 0.717) is 19.0 Å². The fraction of sp³-hybridized carbons (Fsp3) is 0.304. The van der Waals surface area contributed by atoms with Crippen LogP contribution in [0.15, 0.2) is 69.3 Å². The molecule has 2 atom stereocenters. The summed E-state index contributed by atoms with van der Waals surface area (Å²) in [5.74, 6) is -0.471. The Labute approximate surface area is 212 Å². The maximum atomic E-state index is 12.8. The summed E-state index contributed by atoms with van der Waals surface area (Å²) >= 11 is 2.69. The molecule has 0 saturated heterocycles. The van der Waals surface area contributed by atoms with Crippen LogP contribution in [0.25, 0.3) is 11.1 Å². The molecule has 3 aromatic rings. The predicted octanol–water partition coefficient (Wildman–Crippen LogP) is 3.11. The number of carboxylic acids is 1. The number of methoxy groups -OCH3 is 1. The number of ether oxygens (including phenoxy) is 2. The maximum absolute atomic E-state index is 12.8. The van der Waals surface area contributed by atoms with Gasteiger partial charge in [0.1, 0.15) is 22.7 Å². The molecule has 1 unspecified atom stereocenters. The Morgan fingerprint density at radius 3 is 2.34 bits per heavy atom. The zero-order valence-corrected chi connectivity index (χ0v) is 21.3. The fourth-order valence-electron chi connectivity index (χ4n) is 3.06. The number of carbonyl (C=O) groups is 1. The summed E-state index contributed by atoms with van der Waals surface area (Å²) in [4.78, 5) is 15.7. The largest absolute Gasteiger partial charge is 0.491 e. The van der Waals surface area contributed by atoms with Gasteiger partial charge in [-0.25, -0.2) is 13.4 Å². The van der Waals surface area contributed by atoms with Crippen LogP contribution < -0.4 is 9.46 Å². The highest BCUT2D eigenvalue weighted by atomic mass is 32.2. The van der Waals surface area contributed by atoms with E-state index in [4.69, 9.17) is 9.47 Å². The smallest absolute Gasteiger partial charge is 0.321 e. The van der Waals surface area contributed by atoms with Crippen molar-refractivity contribution in [3.8, 4) is 16.9 Å². The second kappa shape index (κ2) is 13.0. The summed E-state index contributed by atoms with van der Waals surface area (Å²) in [7, 11) is -2.52. The van der Waals surface area contributed by atoms with Gasteiger partial charge in [0.25, 0.3) is 0 Å². The Kier molecular flexibility index (Phi) is 10.1. The van der Waals surface area contributed by atoms with Gasteiger partial charge >= 0.3 is 5.97 Å². The SMILES string of the molecule is COCCOc1ccc(-c2ccc(S(=O)(=O)NC(C[C@@H](O)CSc3nccs3)C(=O)O)cc2)cc1. The van der Waals surface area contributed by atoms with Crippen molar-refractivity contribution < 1.29 is 32.9 Å². The van der Waals surface area contributed by atoms with Gasteiger partial charge in [-0.3, -0.25) is 4.79 Å². The molecule has 0 aliphatic carbocycles. The van der Waals surface area contributed by atoms with Crippen LogP contribution in [0.4, 0.5) is 0 Å². The second-order valence-electron chi connectivity index (χ2n) is 7.40. The lowest BCUT2D eigenvalue weighted by molar-refractivity contribution is -0.139. The number of thiazole rings is 1. The van der Waals surface area contributed by atoms with Crippen molar-refractivity contribution >= 4 is 39.1 Å². The number of benzene rings is 2. The maximum Gasteiger partial charge on any atom is 0.321 e. The molecule has 0 radical (unpaired) electrons. The fourth-order valence-corrected chi connectivity index (χ4v) is 5.87. The lowest BCUT2D eigenvalue weighted by atomic mass is 10.1. The molecule has 0 aliphatic rings. The third kappa shape index (κ3) is 8.30. The van der Waals surface area contributed by atoms with Crippen LogP contribution in [0, 0.1) is 0 Å². The molecule has 0 saturated carbocycles. The Morgan fingerprint density at radius 2 is 1.77 bits per heavy atom. The number of carboxylic acid groups (broad SMARTS) is 1. The molecule has 0 spiro atoms. The minimum absolute atomic E-state index is 0.0707. The van der Waals surface area contributed by atoms with Crippen LogP contribution in [-0.2, 0) is 19.6 Å². The van der Waals surface area contributed by atoms with Gasteiger partial charge in [0, 0.05) is 30.9 Å². The van der Waals surface area contributed by atoms with Crippen molar-refractivity contribution in [1.29, 1.82) is 0 Å². The number of sulfonamides is 1. The third-order valence-corrected chi connectivity index (χ3v) is 8.42. The summed E-state index contributed by atoms with van der Waals surface area (Å²) in [6.45, 7) is 0.924. The molecule has 35 heavy (non-hydrogen) atoms. The molecule has 0 aliphatic heterocycles. The Bertz CT molecular complexity index is 1170. The number of aliphatic hydroxyl groups is 1. The number of rotatable bonds is 14. The number of nitrogens with zero attached hydrogens (tertiary/aromatic N) is 1. The lowest BCUT2D eigenvalue weighted by Crippen LogP contribution is -2.43. The first-order chi connectivity index (χ1) is 16.8. The molecule has 3 rings (SSSR count). The van der Waals surface area contributed by atoms with Gasteiger partial charge in [0.05, 0.1) is 17.6 Å². The lowest BCUT2D eigenvalue weighted by Gasteiger charge is -2.18. The minimum Gasteiger partial charge on any atom is -0.491 e. The first kappa shape index (κ1) is 27.1. The monoisotopic (exact) mass is 538 g/mol. The van der Waals surface area contributed by atoms with Gasteiger partial charge in [-0.05, 0) is 35.4 Å². The third-order valence-electron chi connectivity index (χ3n) is 4.82. The molecule has 2 aromatic carbocycles. The van der Waals surface area contributed by atoms with Gasteiger partial charge in [-0.1, -0.05) is 36.0 Å². The van der Waals surface area contributed by atoms with Gasteiger partial charge in [-0.2, -0.15) is 4.72 Å². The Hall–Kier alpha value is -2.48. The van der Waals surface area contributed by atoms with E-state index in [1.54, 1.807) is 30.8 Å². The topological polar surface area (TPSA) is 135 Å². The molecule has 188 valence electrons. The molecule has 1 heterocycles. The van der Waals surface area contributed by atoms with Crippen LogP contribution in [0.5, 0.6) is 5.75 Å². The van der Waals surface area contributed by atoms with E-state index in [2.05, 4.69) is 9.71 Å². The zero-order valence-electron chi connectivity index (χ0n) is 18.9. The van der Waals surface area contributed by atoms with E-state index in [1.165, 1.54) is 35.2 Å². The van der Waals surface area contributed by atoms with Crippen LogP contribution in [0.3, 0.4) is 0 Å². The summed E-state index contributed by atoms with van der Waals surface area (Å²) in [5.41, 5.74) is 1.65. The van der Waals surface area contributed by atoms with Crippen LogP contribution in [0.2, 0.25) is 0 Å². The average Bonchev–Trinajstić information content (AvgIpc) is 3.37. The molecular formula is C23H26N2O7S3. The number of nitrogens with one attached hydrogen (secondary N) is 1. The van der Waals surface area contributed by atoms with E-state index in [1.807, 2.05) is 24.3 Å². The average molecular weight is 539 g/mol. The van der Waals surface area contributed by atoms with Gasteiger partial charge < -0.3 is 19.7 Å². The van der Waals surface area contributed by atoms with E-state index in [9.17, 15) is 23.4 Å². The normalized spacial score (nSPS) is 13.3. The molecule has 9 nitrogen and oxygen atoms in total. The summed E-state index contributed by atoms with van der Waals surface area (Å²) < 4.78 is 39.0. The number of aliphatic hydroxyl groups excluding tert-OH is 1. The van der Waals surface area contributed by atoms with E-state index < -0.39 is 28.1 Å². The number of aromatic nitrogens is 1. The number of hydrogen-bond donors (Lipinski definition) is 3. The molecular weight excluding hydrogens is 512 g/mol. The molecule has 0 fully saturated rings. The van der Waals surface area contributed by atoms with Crippen molar-refractivity contribution in [2.24, 2.45) is 0 Å². The van der Waals surface area contributed by atoms with Crippen molar-refractivity contribution in [2.75, 3.05) is 26.1 Å². The minimum atomic E-state index is -4.12. The van der Waals surface area contributed by atoms with Crippen molar-refractivity contribution in [3.05, 3.63) is 60.1 Å². The first-order valence-electron chi connectivity index (χ1n) is 10.6. The molecule has 12 heteroatoms. The van der Waals surface area contributed by atoms with Crippen LogP contribution in [0.1, 0.15) is 6.42 Å². The first-order valence-corrected chi connectivity index (χ1v) is 13.9. The van der Waals surface area contributed by atoms with E-state index in [0.717, 1.165) is 15.5 Å². The zero-order chi connectivity index (χ0) is 25.3. The van der Waals surface area contributed by atoms with E-state index >= 15 is 0 Å². The molecule has 0 amide bonds. The quantitative estimate of drug-likeness (QED) is 0.209. The van der Waals surface area contributed by atoms with Crippen molar-refractivity contribution in [2.45, 2.75) is 27.8 Å². The number of aliphatic carboxylic acids is 1. The number of thioether (sulfide) groups is 1. The van der Waals surface area contributed by atoms with Crippen LogP contribution >= 0.6 is 23.1 Å². The Balaban J connectivity index is 1.61. The van der Waals surface area contributed by atoms with Crippen molar-refractivity contribution in [1.82, 2.24) is 9.71 Å². The highest BCUT2D eigenvalue weighted by Gasteiger charge is 2.28. The summed E-state index contributed by atoms with van der Waals surface area (Å²) in [5, 5.41) is 21.5. The van der Waals surface area contributed by atoms with Crippen molar-refractivity contribution in [3.63, 3.8) is 0 Å². The van der Waals surface area contributed by atoms with Gasteiger partial charge in [-0.15, -0.1) is 11.3 Å². The van der Waals surface area contributed by atoms with Gasteiger partial charge in [0.2, 0.25) is 10.0 Å². The summed E-state index contributed by atoms with van der Waals surface area (Å²) in [6, 6.07) is 12.0. The summed E-state index contributed by atoms with van der Waals surface area (Å²) in [6.07, 6.45) is 0.327. The highest BCUT2D eigenvalue weighted by molar-refractivity contribution is 8.01. The number of hydrogen-bond acceptors (Lipinski definition) is 9. The molecule has 1 aromatic heterocycles. The van der Waals surface area contributed by atoms with Crippen LogP contribution in [-0.4, -0.2) is 67.8 Å². The Morgan fingerprint density at radius 1 is 1.11 bits per heavy atom. The van der Waals surface area contributed by atoms with Gasteiger partial charge in [0.15, 0.2) is 0 Å². The standard InChI is InChI=1S/C23H26N2O7S3/c1-31-11-12-32-19-6-2-16(3-7-19)17-4-8-20(9-5-17)35(29,30)25-21(22(27)28)14-18(26)15-34-23-24-10-13-33-23/h2-10,13,18,21,25-26H,11-12,14-15H2,1H3,(H,27,28)/t18-,21?/m1/s1.